The van der Waals surface area contributed by atoms with E-state index in [1.165, 1.54) is 32.1 Å². The first-order chi connectivity index (χ1) is 9.16. The monoisotopic (exact) mass is 393 g/mol. The van der Waals surface area contributed by atoms with Gasteiger partial charge in [0, 0.05) is 26.7 Å². The lowest BCUT2D eigenvalue weighted by atomic mass is 10.0. The highest BCUT2D eigenvalue weighted by Crippen LogP contribution is 2.60. The van der Waals surface area contributed by atoms with Crippen molar-refractivity contribution in [2.75, 3.05) is 26.7 Å². The molecule has 0 radical (unpaired) electrons. The van der Waals surface area contributed by atoms with E-state index in [1.807, 2.05) is 7.05 Å². The van der Waals surface area contributed by atoms with Crippen molar-refractivity contribution in [2.45, 2.75) is 51.0 Å². The standard InChI is InChI=1S/C15H27N3O.HI/c1-14(6-3-9-19-14)10-17-13(16-2)18-11-15(7-8-15)12-4-5-12;/h12H,3-11H2,1-2H3,(H2,16,17,18);1H. The molecule has 1 atom stereocenters. The van der Waals surface area contributed by atoms with Crippen molar-refractivity contribution in [1.82, 2.24) is 10.6 Å². The number of nitrogens with zero attached hydrogens (tertiary/aromatic N) is 1. The molecule has 116 valence electrons. The predicted molar refractivity (Wildman–Crippen MR) is 92.8 cm³/mol. The van der Waals surface area contributed by atoms with E-state index in [4.69, 9.17) is 4.74 Å². The Morgan fingerprint density at radius 1 is 1.20 bits per heavy atom. The molecule has 0 bridgehead atoms. The molecule has 1 saturated heterocycles. The summed E-state index contributed by atoms with van der Waals surface area (Å²) in [4.78, 5) is 4.33. The first-order valence-corrected chi connectivity index (χ1v) is 7.74. The summed E-state index contributed by atoms with van der Waals surface area (Å²) in [6.45, 7) is 5.03. The van der Waals surface area contributed by atoms with Gasteiger partial charge in [-0.25, -0.2) is 0 Å². The molecule has 0 aromatic heterocycles. The van der Waals surface area contributed by atoms with Crippen molar-refractivity contribution < 1.29 is 4.74 Å². The summed E-state index contributed by atoms with van der Waals surface area (Å²) in [5.41, 5.74) is 0.608. The zero-order chi connectivity index (χ0) is 13.3. The summed E-state index contributed by atoms with van der Waals surface area (Å²) in [5.74, 6) is 1.93. The van der Waals surface area contributed by atoms with Crippen molar-refractivity contribution in [2.24, 2.45) is 16.3 Å². The zero-order valence-corrected chi connectivity index (χ0v) is 15.0. The van der Waals surface area contributed by atoms with Gasteiger partial charge in [-0.15, -0.1) is 24.0 Å². The molecule has 0 spiro atoms. The van der Waals surface area contributed by atoms with Crippen LogP contribution in [0.2, 0.25) is 0 Å². The molecule has 2 N–H and O–H groups in total. The van der Waals surface area contributed by atoms with E-state index < -0.39 is 0 Å². The summed E-state index contributed by atoms with van der Waals surface area (Å²) >= 11 is 0. The Bertz CT molecular complexity index is 350. The van der Waals surface area contributed by atoms with E-state index in [0.29, 0.717) is 5.41 Å². The molecule has 2 saturated carbocycles. The number of hydrogen-bond donors (Lipinski definition) is 2. The molecule has 20 heavy (non-hydrogen) atoms. The molecule has 2 aliphatic carbocycles. The maximum absolute atomic E-state index is 5.80. The Morgan fingerprint density at radius 2 is 1.90 bits per heavy atom. The molecular weight excluding hydrogens is 365 g/mol. The minimum absolute atomic E-state index is 0. The Morgan fingerprint density at radius 3 is 2.40 bits per heavy atom. The van der Waals surface area contributed by atoms with E-state index in [2.05, 4.69) is 22.5 Å². The molecule has 1 aliphatic heterocycles. The predicted octanol–water partition coefficient (Wildman–Crippen LogP) is 2.53. The summed E-state index contributed by atoms with van der Waals surface area (Å²) < 4.78 is 5.80. The molecule has 0 aromatic carbocycles. The van der Waals surface area contributed by atoms with Crippen molar-refractivity contribution in [3.8, 4) is 0 Å². The van der Waals surface area contributed by atoms with Crippen LogP contribution >= 0.6 is 24.0 Å². The summed E-state index contributed by atoms with van der Waals surface area (Å²) in [7, 11) is 1.85. The topological polar surface area (TPSA) is 45.7 Å². The van der Waals surface area contributed by atoms with Crippen molar-refractivity contribution in [1.29, 1.82) is 0 Å². The van der Waals surface area contributed by atoms with Crippen LogP contribution in [0.4, 0.5) is 0 Å². The third-order valence-corrected chi connectivity index (χ3v) is 5.10. The fraction of sp³-hybridized carbons (Fsp3) is 0.933. The van der Waals surface area contributed by atoms with Gasteiger partial charge >= 0.3 is 0 Å². The zero-order valence-electron chi connectivity index (χ0n) is 12.7. The van der Waals surface area contributed by atoms with E-state index in [0.717, 1.165) is 38.0 Å². The lowest BCUT2D eigenvalue weighted by Gasteiger charge is -2.25. The first-order valence-electron chi connectivity index (χ1n) is 7.74. The summed E-state index contributed by atoms with van der Waals surface area (Å²) in [6, 6.07) is 0. The van der Waals surface area contributed by atoms with Gasteiger partial charge in [-0.2, -0.15) is 0 Å². The highest BCUT2D eigenvalue weighted by molar-refractivity contribution is 14.0. The van der Waals surface area contributed by atoms with Gasteiger partial charge < -0.3 is 15.4 Å². The number of ether oxygens (including phenoxy) is 1. The molecule has 1 heterocycles. The van der Waals surface area contributed by atoms with Crippen LogP contribution in [0.25, 0.3) is 0 Å². The number of halogens is 1. The van der Waals surface area contributed by atoms with Crippen LogP contribution in [0.3, 0.4) is 0 Å². The second kappa shape index (κ2) is 6.38. The van der Waals surface area contributed by atoms with Crippen LogP contribution in [-0.4, -0.2) is 38.3 Å². The van der Waals surface area contributed by atoms with Crippen molar-refractivity contribution in [3.05, 3.63) is 0 Å². The Labute approximate surface area is 139 Å². The van der Waals surface area contributed by atoms with Crippen molar-refractivity contribution >= 4 is 29.9 Å². The lowest BCUT2D eigenvalue weighted by Crippen LogP contribution is -2.47. The fourth-order valence-corrected chi connectivity index (χ4v) is 3.31. The number of hydrogen-bond acceptors (Lipinski definition) is 2. The van der Waals surface area contributed by atoms with E-state index >= 15 is 0 Å². The Hall–Kier alpha value is -0.0400. The second-order valence-electron chi connectivity index (χ2n) is 6.82. The maximum Gasteiger partial charge on any atom is 0.191 e. The van der Waals surface area contributed by atoms with E-state index in [1.54, 1.807) is 0 Å². The van der Waals surface area contributed by atoms with E-state index in [9.17, 15) is 0 Å². The van der Waals surface area contributed by atoms with Gasteiger partial charge in [-0.05, 0) is 56.8 Å². The molecular formula is C15H28IN3O. The molecule has 5 heteroatoms. The maximum atomic E-state index is 5.80. The molecule has 3 aliphatic rings. The highest BCUT2D eigenvalue weighted by Gasteiger charge is 2.53. The normalized spacial score (nSPS) is 31.6. The summed E-state index contributed by atoms with van der Waals surface area (Å²) in [6.07, 6.45) is 8.02. The van der Waals surface area contributed by atoms with Gasteiger partial charge in [0.15, 0.2) is 5.96 Å². The Balaban J connectivity index is 0.00000147. The molecule has 0 aromatic rings. The molecule has 4 nitrogen and oxygen atoms in total. The van der Waals surface area contributed by atoms with Crippen LogP contribution in [0.1, 0.15) is 45.4 Å². The van der Waals surface area contributed by atoms with Crippen LogP contribution in [0, 0.1) is 11.3 Å². The molecule has 3 rings (SSSR count). The van der Waals surface area contributed by atoms with E-state index in [-0.39, 0.29) is 29.6 Å². The average Bonchev–Trinajstić information content (AvgIpc) is 3.30. The fourth-order valence-electron chi connectivity index (χ4n) is 3.31. The smallest absolute Gasteiger partial charge is 0.191 e. The van der Waals surface area contributed by atoms with Crippen LogP contribution in [0.5, 0.6) is 0 Å². The minimum atomic E-state index is -0.00855. The second-order valence-corrected chi connectivity index (χ2v) is 6.82. The first kappa shape index (κ1) is 16.3. The molecule has 1 unspecified atom stereocenters. The van der Waals surface area contributed by atoms with Crippen LogP contribution in [-0.2, 0) is 4.74 Å². The average molecular weight is 393 g/mol. The third-order valence-electron chi connectivity index (χ3n) is 5.10. The van der Waals surface area contributed by atoms with Gasteiger partial charge in [0.2, 0.25) is 0 Å². The third kappa shape index (κ3) is 3.78. The number of aliphatic imine (C=N–C) groups is 1. The quantitative estimate of drug-likeness (QED) is 0.429. The van der Waals surface area contributed by atoms with Gasteiger partial charge in [0.1, 0.15) is 0 Å². The van der Waals surface area contributed by atoms with Gasteiger partial charge in [-0.3, -0.25) is 4.99 Å². The van der Waals surface area contributed by atoms with Crippen molar-refractivity contribution in [3.63, 3.8) is 0 Å². The van der Waals surface area contributed by atoms with Crippen LogP contribution in [0.15, 0.2) is 4.99 Å². The highest BCUT2D eigenvalue weighted by atomic mass is 127. The van der Waals surface area contributed by atoms with Gasteiger partial charge in [0.25, 0.3) is 0 Å². The largest absolute Gasteiger partial charge is 0.373 e. The summed E-state index contributed by atoms with van der Waals surface area (Å²) in [5, 5.41) is 6.94. The lowest BCUT2D eigenvalue weighted by molar-refractivity contribution is 0.0242. The molecule has 0 amide bonds. The number of nitrogens with one attached hydrogen (secondary N) is 2. The minimum Gasteiger partial charge on any atom is -0.373 e. The van der Waals surface area contributed by atoms with Gasteiger partial charge in [-0.1, -0.05) is 0 Å². The SMILES string of the molecule is CN=C(NCC1(C)CCCO1)NCC1(C2CC2)CC1.I. The Kier molecular flexibility index (Phi) is 5.21. The number of guanidine groups is 1. The van der Waals surface area contributed by atoms with Gasteiger partial charge in [0.05, 0.1) is 5.60 Å². The van der Waals surface area contributed by atoms with Crippen LogP contribution < -0.4 is 10.6 Å². The molecule has 3 fully saturated rings. The number of rotatable bonds is 5.